The maximum Gasteiger partial charge on any atom is 0.148 e. The van der Waals surface area contributed by atoms with Crippen LogP contribution in [0, 0.1) is 6.92 Å². The molecule has 0 aliphatic carbocycles. The first-order valence-electron chi connectivity index (χ1n) is 5.79. The van der Waals surface area contributed by atoms with Crippen LogP contribution in [0.15, 0.2) is 40.2 Å². The van der Waals surface area contributed by atoms with Crippen LogP contribution in [0.4, 0.5) is 0 Å². The second-order valence-electron chi connectivity index (χ2n) is 4.35. The molecule has 0 fully saturated rings. The maximum absolute atomic E-state index is 6.04. The zero-order valence-corrected chi connectivity index (χ0v) is 12.8. The minimum absolute atomic E-state index is 0.0585. The molecule has 0 aliphatic heterocycles. The van der Waals surface area contributed by atoms with E-state index in [0.29, 0.717) is 0 Å². The molecule has 0 spiro atoms. The van der Waals surface area contributed by atoms with Gasteiger partial charge in [0.05, 0.1) is 4.47 Å². The molecule has 1 aromatic heterocycles. The van der Waals surface area contributed by atoms with Crippen molar-refractivity contribution in [3.05, 3.63) is 50.6 Å². The van der Waals surface area contributed by atoms with Crippen LogP contribution in [0.2, 0.25) is 0 Å². The summed E-state index contributed by atoms with van der Waals surface area (Å²) in [4.78, 5) is 1.15. The Morgan fingerprint density at radius 1 is 1.33 bits per heavy atom. The van der Waals surface area contributed by atoms with Gasteiger partial charge in [-0.1, -0.05) is 12.1 Å². The number of thiophene rings is 1. The van der Waals surface area contributed by atoms with Crippen LogP contribution in [0.25, 0.3) is 0 Å². The van der Waals surface area contributed by atoms with Crippen molar-refractivity contribution in [1.82, 2.24) is 0 Å². The van der Waals surface area contributed by atoms with E-state index in [1.165, 1.54) is 5.56 Å². The number of ether oxygens (including phenoxy) is 1. The Hall–Kier alpha value is -0.840. The molecule has 0 saturated heterocycles. The van der Waals surface area contributed by atoms with Gasteiger partial charge in [-0.3, -0.25) is 0 Å². The maximum atomic E-state index is 6.04. The molecule has 1 heterocycles. The number of rotatable bonds is 4. The number of hydrogen-bond acceptors (Lipinski definition) is 3. The zero-order chi connectivity index (χ0) is 13.1. The molecule has 2 atom stereocenters. The average molecular weight is 326 g/mol. The normalized spacial score (nSPS) is 14.2. The number of halogens is 1. The quantitative estimate of drug-likeness (QED) is 0.910. The van der Waals surface area contributed by atoms with Gasteiger partial charge in [-0.2, -0.15) is 0 Å². The lowest BCUT2D eigenvalue weighted by Crippen LogP contribution is -2.28. The Morgan fingerprint density at radius 2 is 2.11 bits per heavy atom. The van der Waals surface area contributed by atoms with Crippen LogP contribution in [0.3, 0.4) is 0 Å². The fourth-order valence-corrected chi connectivity index (χ4v) is 3.17. The van der Waals surface area contributed by atoms with E-state index in [0.717, 1.165) is 15.1 Å². The van der Waals surface area contributed by atoms with Gasteiger partial charge in [0, 0.05) is 10.9 Å². The van der Waals surface area contributed by atoms with Crippen molar-refractivity contribution in [3.63, 3.8) is 0 Å². The number of nitrogens with two attached hydrogens (primary N) is 1. The number of hydrogen-bond donors (Lipinski definition) is 1. The molecule has 2 rings (SSSR count). The highest BCUT2D eigenvalue weighted by Crippen LogP contribution is 2.32. The minimum atomic E-state index is -0.107. The van der Waals surface area contributed by atoms with E-state index in [1.54, 1.807) is 11.3 Å². The highest BCUT2D eigenvalue weighted by molar-refractivity contribution is 9.10. The topological polar surface area (TPSA) is 35.2 Å². The second kappa shape index (κ2) is 5.87. The molecule has 0 bridgehead atoms. The third-order valence-corrected chi connectivity index (χ3v) is 4.20. The van der Waals surface area contributed by atoms with E-state index in [9.17, 15) is 0 Å². The molecule has 0 radical (unpaired) electrons. The van der Waals surface area contributed by atoms with Gasteiger partial charge in [0.2, 0.25) is 0 Å². The van der Waals surface area contributed by atoms with Crippen LogP contribution in [-0.2, 0) is 0 Å². The van der Waals surface area contributed by atoms with Crippen molar-refractivity contribution < 1.29 is 4.74 Å². The first-order valence-corrected chi connectivity index (χ1v) is 7.47. The summed E-state index contributed by atoms with van der Waals surface area (Å²) in [6.07, 6.45) is -0.107. The molecule has 0 aliphatic rings. The largest absolute Gasteiger partial charge is 0.482 e. The Bertz CT molecular complexity index is 511. The summed E-state index contributed by atoms with van der Waals surface area (Å²) < 4.78 is 7.01. The summed E-state index contributed by atoms with van der Waals surface area (Å²) in [6.45, 7) is 4.02. The van der Waals surface area contributed by atoms with Crippen LogP contribution in [0.1, 0.15) is 23.5 Å². The summed E-state index contributed by atoms with van der Waals surface area (Å²) in [5.74, 6) is 0.830. The van der Waals surface area contributed by atoms with Gasteiger partial charge in [0.15, 0.2) is 0 Å². The van der Waals surface area contributed by atoms with Crippen molar-refractivity contribution in [3.8, 4) is 5.75 Å². The first kappa shape index (κ1) is 13.6. The second-order valence-corrected chi connectivity index (χ2v) is 6.18. The van der Waals surface area contributed by atoms with Gasteiger partial charge in [0.25, 0.3) is 0 Å². The average Bonchev–Trinajstić information content (AvgIpc) is 2.80. The summed E-state index contributed by atoms with van der Waals surface area (Å²) in [7, 11) is 0. The summed E-state index contributed by atoms with van der Waals surface area (Å²) >= 11 is 5.19. The molecule has 1 aromatic carbocycles. The van der Waals surface area contributed by atoms with Crippen LogP contribution in [0.5, 0.6) is 5.75 Å². The third kappa shape index (κ3) is 3.13. The number of aryl methyl sites for hydroxylation is 1. The van der Waals surface area contributed by atoms with Crippen LogP contribution < -0.4 is 10.5 Å². The third-order valence-electron chi connectivity index (χ3n) is 2.64. The van der Waals surface area contributed by atoms with Gasteiger partial charge < -0.3 is 10.5 Å². The molecule has 0 saturated carbocycles. The van der Waals surface area contributed by atoms with Gasteiger partial charge in [-0.15, -0.1) is 11.3 Å². The van der Waals surface area contributed by atoms with Gasteiger partial charge in [0.1, 0.15) is 11.9 Å². The van der Waals surface area contributed by atoms with Crippen molar-refractivity contribution in [2.45, 2.75) is 26.0 Å². The van der Waals surface area contributed by atoms with Crippen molar-refractivity contribution in [2.75, 3.05) is 0 Å². The molecule has 2 aromatic rings. The summed E-state index contributed by atoms with van der Waals surface area (Å²) in [6, 6.07) is 10.1. The lowest BCUT2D eigenvalue weighted by atomic mass is 10.1. The van der Waals surface area contributed by atoms with Gasteiger partial charge >= 0.3 is 0 Å². The molecule has 2 N–H and O–H groups in total. The van der Waals surface area contributed by atoms with Gasteiger partial charge in [-0.25, -0.2) is 0 Å². The fraction of sp³-hybridized carbons (Fsp3) is 0.286. The van der Waals surface area contributed by atoms with Crippen molar-refractivity contribution in [2.24, 2.45) is 5.73 Å². The highest BCUT2D eigenvalue weighted by atomic mass is 79.9. The molecule has 2 nitrogen and oxygen atoms in total. The fourth-order valence-electron chi connectivity index (χ4n) is 1.72. The Morgan fingerprint density at radius 3 is 2.67 bits per heavy atom. The van der Waals surface area contributed by atoms with Crippen LogP contribution >= 0.6 is 27.3 Å². The van der Waals surface area contributed by atoms with E-state index in [4.69, 9.17) is 10.5 Å². The lowest BCUT2D eigenvalue weighted by Gasteiger charge is -2.22. The smallest absolute Gasteiger partial charge is 0.148 e. The van der Waals surface area contributed by atoms with Crippen LogP contribution in [-0.4, -0.2) is 6.04 Å². The predicted molar refractivity (Wildman–Crippen MR) is 80.2 cm³/mol. The van der Waals surface area contributed by atoms with E-state index in [1.807, 2.05) is 36.6 Å². The monoisotopic (exact) mass is 325 g/mol. The van der Waals surface area contributed by atoms with Crippen molar-refractivity contribution in [1.29, 1.82) is 0 Å². The standard InChI is InChI=1S/C14H16BrNOS/c1-9-5-6-12(11(15)8-9)17-14(10(2)16)13-4-3-7-18-13/h3-8,10,14H,16H2,1-2H3. The number of benzene rings is 1. The predicted octanol–water partition coefficient (Wildman–Crippen LogP) is 4.29. The molecule has 4 heteroatoms. The SMILES string of the molecule is Cc1ccc(OC(c2cccs2)C(C)N)c(Br)c1. The van der Waals surface area contributed by atoms with Gasteiger partial charge in [-0.05, 0) is 58.9 Å². The van der Waals surface area contributed by atoms with E-state index in [2.05, 4.69) is 28.9 Å². The summed E-state index contributed by atoms with van der Waals surface area (Å²) in [5.41, 5.74) is 7.22. The molecule has 2 unspecified atom stereocenters. The molecular formula is C14H16BrNOS. The molecular weight excluding hydrogens is 310 g/mol. The van der Waals surface area contributed by atoms with E-state index < -0.39 is 0 Å². The highest BCUT2D eigenvalue weighted by Gasteiger charge is 2.20. The lowest BCUT2D eigenvalue weighted by molar-refractivity contribution is 0.183. The Balaban J connectivity index is 2.24. The first-order chi connectivity index (χ1) is 8.58. The molecule has 18 heavy (non-hydrogen) atoms. The Labute approximate surface area is 120 Å². The molecule has 0 amide bonds. The minimum Gasteiger partial charge on any atom is -0.482 e. The van der Waals surface area contributed by atoms with E-state index in [-0.39, 0.29) is 12.1 Å². The molecule has 96 valence electrons. The Kier molecular flexibility index (Phi) is 4.43. The summed E-state index contributed by atoms with van der Waals surface area (Å²) in [5, 5.41) is 2.04. The van der Waals surface area contributed by atoms with Crippen molar-refractivity contribution >= 4 is 27.3 Å². The van der Waals surface area contributed by atoms with E-state index >= 15 is 0 Å². The zero-order valence-electron chi connectivity index (χ0n) is 10.4.